The highest BCUT2D eigenvalue weighted by atomic mass is 16.4. The average Bonchev–Trinajstić information content (AvgIpc) is 3.07. The SMILES string of the molecule is O=C(O)/C=C/C(=O)O.c1cncc(-c2ccc(N3CCN4CCC3CC4)nn2)c1. The number of anilines is 1. The van der Waals surface area contributed by atoms with Crippen molar-refractivity contribution in [1.29, 1.82) is 0 Å². The zero-order valence-electron chi connectivity index (χ0n) is 15.9. The number of nitrogens with zero attached hydrogens (tertiary/aromatic N) is 5. The van der Waals surface area contributed by atoms with Crippen LogP contribution in [0.15, 0.2) is 48.8 Å². The molecular formula is C20H23N5O4. The Hall–Kier alpha value is -3.33. The predicted molar refractivity (Wildman–Crippen MR) is 106 cm³/mol. The van der Waals surface area contributed by atoms with E-state index in [1.165, 1.54) is 25.9 Å². The molecule has 2 N–H and O–H groups in total. The molecule has 0 saturated carbocycles. The molecule has 0 aliphatic carbocycles. The highest BCUT2D eigenvalue weighted by Gasteiger charge is 2.29. The zero-order valence-corrected chi connectivity index (χ0v) is 15.9. The molecule has 2 aromatic heterocycles. The standard InChI is InChI=1S/C16H19N5.C4H4O4/c1-2-13(12-17-7-1)15-3-4-16(19-18-15)21-11-10-20-8-5-14(21)6-9-20;5-3(6)1-2-4(7)8/h1-4,7,12,14H,5-6,8-11H2;1-2H,(H,5,6)(H,7,8)/b;2-1+. The Morgan fingerprint density at radius 3 is 2.24 bits per heavy atom. The van der Waals surface area contributed by atoms with E-state index < -0.39 is 11.9 Å². The van der Waals surface area contributed by atoms with E-state index in [4.69, 9.17) is 10.2 Å². The van der Waals surface area contributed by atoms with Gasteiger partial charge in [0.1, 0.15) is 0 Å². The Balaban J connectivity index is 0.000000258. The minimum Gasteiger partial charge on any atom is -0.478 e. The van der Waals surface area contributed by atoms with Gasteiger partial charge in [0.15, 0.2) is 5.82 Å². The quantitative estimate of drug-likeness (QED) is 0.740. The fourth-order valence-electron chi connectivity index (χ4n) is 3.48. The van der Waals surface area contributed by atoms with E-state index in [2.05, 4.69) is 37.1 Å². The highest BCUT2D eigenvalue weighted by molar-refractivity contribution is 5.89. The van der Waals surface area contributed by atoms with Gasteiger partial charge in [0, 0.05) is 62.3 Å². The number of aliphatic carboxylic acids is 2. The largest absolute Gasteiger partial charge is 0.478 e. The van der Waals surface area contributed by atoms with Gasteiger partial charge in [-0.15, -0.1) is 10.2 Å². The van der Waals surface area contributed by atoms with Crippen molar-refractivity contribution in [2.75, 3.05) is 31.1 Å². The molecule has 0 radical (unpaired) electrons. The summed E-state index contributed by atoms with van der Waals surface area (Å²) in [6, 6.07) is 8.71. The lowest BCUT2D eigenvalue weighted by molar-refractivity contribution is -0.134. The molecule has 0 unspecified atom stereocenters. The minimum absolute atomic E-state index is 0.558. The van der Waals surface area contributed by atoms with Gasteiger partial charge in [0.2, 0.25) is 0 Å². The summed E-state index contributed by atoms with van der Waals surface area (Å²) in [4.78, 5) is 28.2. The van der Waals surface area contributed by atoms with Gasteiger partial charge in [-0.25, -0.2) is 9.59 Å². The lowest BCUT2D eigenvalue weighted by atomic mass is 10.1. The van der Waals surface area contributed by atoms with Crippen LogP contribution in [0.5, 0.6) is 0 Å². The summed E-state index contributed by atoms with van der Waals surface area (Å²) in [6.45, 7) is 4.65. The number of fused-ring (bicyclic) bond motifs is 4. The van der Waals surface area contributed by atoms with Gasteiger partial charge in [0.25, 0.3) is 0 Å². The number of carboxylic acid groups (broad SMARTS) is 2. The number of carbonyl (C=O) groups is 2. The van der Waals surface area contributed by atoms with Crippen molar-refractivity contribution in [2.45, 2.75) is 18.9 Å². The van der Waals surface area contributed by atoms with E-state index in [0.717, 1.165) is 30.2 Å². The van der Waals surface area contributed by atoms with Crippen molar-refractivity contribution < 1.29 is 19.8 Å². The molecule has 0 amide bonds. The summed E-state index contributed by atoms with van der Waals surface area (Å²) in [7, 11) is 0. The average molecular weight is 397 g/mol. The van der Waals surface area contributed by atoms with Crippen LogP contribution in [0, 0.1) is 0 Å². The van der Waals surface area contributed by atoms with Crippen LogP contribution in [0.2, 0.25) is 0 Å². The van der Waals surface area contributed by atoms with Crippen molar-refractivity contribution >= 4 is 17.8 Å². The molecule has 3 saturated heterocycles. The summed E-state index contributed by atoms with van der Waals surface area (Å²) in [5, 5.41) is 24.5. The van der Waals surface area contributed by atoms with Crippen LogP contribution in [0.3, 0.4) is 0 Å². The van der Waals surface area contributed by atoms with E-state index in [-0.39, 0.29) is 0 Å². The van der Waals surface area contributed by atoms with Crippen molar-refractivity contribution in [2.24, 2.45) is 0 Å². The smallest absolute Gasteiger partial charge is 0.328 e. The van der Waals surface area contributed by atoms with Gasteiger partial charge in [-0.3, -0.25) is 4.98 Å². The zero-order chi connectivity index (χ0) is 20.6. The fraction of sp³-hybridized carbons (Fsp3) is 0.350. The van der Waals surface area contributed by atoms with Gasteiger partial charge >= 0.3 is 11.9 Å². The summed E-state index contributed by atoms with van der Waals surface area (Å²) >= 11 is 0. The number of pyridine rings is 1. The monoisotopic (exact) mass is 397 g/mol. The van der Waals surface area contributed by atoms with Crippen LogP contribution < -0.4 is 4.90 Å². The number of aromatic nitrogens is 3. The first-order valence-corrected chi connectivity index (χ1v) is 9.40. The van der Waals surface area contributed by atoms with Gasteiger partial charge < -0.3 is 20.0 Å². The molecule has 9 nitrogen and oxygen atoms in total. The van der Waals surface area contributed by atoms with Crippen LogP contribution in [0.1, 0.15) is 12.8 Å². The third-order valence-corrected chi connectivity index (χ3v) is 4.93. The minimum atomic E-state index is -1.26. The second-order valence-corrected chi connectivity index (χ2v) is 6.79. The number of piperidine rings is 1. The summed E-state index contributed by atoms with van der Waals surface area (Å²) in [5.41, 5.74) is 1.90. The van der Waals surface area contributed by atoms with Crippen LogP contribution in [0.25, 0.3) is 11.3 Å². The van der Waals surface area contributed by atoms with Crippen LogP contribution >= 0.6 is 0 Å². The Labute approximate surface area is 168 Å². The lowest BCUT2D eigenvalue weighted by Crippen LogP contribution is -2.38. The molecular weight excluding hydrogens is 374 g/mol. The van der Waals surface area contributed by atoms with Crippen LogP contribution in [-0.4, -0.2) is 74.5 Å². The first kappa shape index (κ1) is 20.4. The van der Waals surface area contributed by atoms with Gasteiger partial charge in [-0.1, -0.05) is 0 Å². The Morgan fingerprint density at radius 2 is 1.69 bits per heavy atom. The van der Waals surface area contributed by atoms with E-state index in [9.17, 15) is 9.59 Å². The third kappa shape index (κ3) is 5.82. The third-order valence-electron chi connectivity index (χ3n) is 4.93. The normalized spacial score (nSPS) is 20.6. The maximum Gasteiger partial charge on any atom is 0.328 e. The molecule has 0 spiro atoms. The maximum absolute atomic E-state index is 9.55. The van der Waals surface area contributed by atoms with Crippen molar-refractivity contribution in [1.82, 2.24) is 20.1 Å². The van der Waals surface area contributed by atoms with Gasteiger partial charge in [-0.2, -0.15) is 0 Å². The number of carboxylic acids is 2. The van der Waals surface area contributed by atoms with Crippen molar-refractivity contribution in [3.63, 3.8) is 0 Å². The number of rotatable bonds is 4. The second kappa shape index (κ2) is 9.74. The number of hydrogen-bond acceptors (Lipinski definition) is 7. The molecule has 152 valence electrons. The summed E-state index contributed by atoms with van der Waals surface area (Å²) < 4.78 is 0. The van der Waals surface area contributed by atoms with Crippen molar-refractivity contribution in [3.05, 3.63) is 48.8 Å². The molecule has 3 aliphatic rings. The first-order chi connectivity index (χ1) is 14.0. The molecule has 5 heterocycles. The molecule has 0 atom stereocenters. The Morgan fingerprint density at radius 1 is 0.966 bits per heavy atom. The molecule has 29 heavy (non-hydrogen) atoms. The summed E-state index contributed by atoms with van der Waals surface area (Å²) in [6.07, 6.45) is 7.20. The Bertz CT molecular complexity index is 833. The molecule has 9 heteroatoms. The van der Waals surface area contributed by atoms with Crippen molar-refractivity contribution in [3.8, 4) is 11.3 Å². The van der Waals surface area contributed by atoms with Crippen LogP contribution in [0.4, 0.5) is 5.82 Å². The first-order valence-electron chi connectivity index (χ1n) is 9.40. The molecule has 2 aromatic rings. The van der Waals surface area contributed by atoms with E-state index >= 15 is 0 Å². The molecule has 2 bridgehead atoms. The molecule has 0 aromatic carbocycles. The van der Waals surface area contributed by atoms with E-state index in [0.29, 0.717) is 18.2 Å². The van der Waals surface area contributed by atoms with Gasteiger partial charge in [-0.05, 0) is 37.1 Å². The summed E-state index contributed by atoms with van der Waals surface area (Å²) in [5.74, 6) is -1.50. The van der Waals surface area contributed by atoms with E-state index in [1.54, 1.807) is 6.20 Å². The number of hydrogen-bond donors (Lipinski definition) is 2. The molecule has 3 fully saturated rings. The Kier molecular flexibility index (Phi) is 6.85. The highest BCUT2D eigenvalue weighted by Crippen LogP contribution is 2.26. The molecule has 5 rings (SSSR count). The molecule has 3 aliphatic heterocycles. The predicted octanol–water partition coefficient (Wildman–Crippen LogP) is 1.53. The maximum atomic E-state index is 9.55. The topological polar surface area (TPSA) is 120 Å². The fourth-order valence-corrected chi connectivity index (χ4v) is 3.48. The van der Waals surface area contributed by atoms with Crippen LogP contribution in [-0.2, 0) is 9.59 Å². The van der Waals surface area contributed by atoms with Gasteiger partial charge in [0.05, 0.1) is 5.69 Å². The lowest BCUT2D eigenvalue weighted by Gasteiger charge is -2.31. The second-order valence-electron chi connectivity index (χ2n) is 6.79. The van der Waals surface area contributed by atoms with E-state index in [1.807, 2.05) is 18.3 Å².